The SMILES string of the molecule is COCCN1CCCC(N)C1c1ccccc1Cl. The van der Waals surface area contributed by atoms with Crippen molar-refractivity contribution in [2.75, 3.05) is 26.8 Å². The van der Waals surface area contributed by atoms with Crippen molar-refractivity contribution in [3.8, 4) is 0 Å². The number of likely N-dealkylation sites (tertiary alicyclic amines) is 1. The Kier molecular flexibility index (Phi) is 5.01. The van der Waals surface area contributed by atoms with E-state index in [0.29, 0.717) is 0 Å². The van der Waals surface area contributed by atoms with Gasteiger partial charge in [-0.3, -0.25) is 4.90 Å². The molecule has 4 heteroatoms. The summed E-state index contributed by atoms with van der Waals surface area (Å²) < 4.78 is 5.18. The fraction of sp³-hybridized carbons (Fsp3) is 0.571. The second kappa shape index (κ2) is 6.53. The monoisotopic (exact) mass is 268 g/mol. The fourth-order valence-corrected chi connectivity index (χ4v) is 2.95. The van der Waals surface area contributed by atoms with Crippen molar-refractivity contribution in [2.45, 2.75) is 24.9 Å². The molecule has 100 valence electrons. The second-order valence-corrected chi connectivity index (χ2v) is 5.21. The third-order valence-electron chi connectivity index (χ3n) is 3.59. The van der Waals surface area contributed by atoms with Crippen molar-refractivity contribution in [2.24, 2.45) is 5.73 Å². The molecule has 2 rings (SSSR count). The molecule has 2 atom stereocenters. The maximum absolute atomic E-state index is 6.31. The lowest BCUT2D eigenvalue weighted by Gasteiger charge is -2.40. The first kappa shape index (κ1) is 13.8. The number of benzene rings is 1. The Labute approximate surface area is 114 Å². The maximum atomic E-state index is 6.31. The second-order valence-electron chi connectivity index (χ2n) is 4.80. The molecule has 1 aliphatic rings. The zero-order chi connectivity index (χ0) is 13.0. The molecule has 1 aromatic carbocycles. The summed E-state index contributed by atoms with van der Waals surface area (Å²) in [4.78, 5) is 2.39. The van der Waals surface area contributed by atoms with Gasteiger partial charge in [-0.1, -0.05) is 29.8 Å². The summed E-state index contributed by atoms with van der Waals surface area (Å²) in [6.07, 6.45) is 2.20. The minimum atomic E-state index is 0.149. The number of hydrogen-bond acceptors (Lipinski definition) is 3. The van der Waals surface area contributed by atoms with Crippen LogP contribution in [0, 0.1) is 0 Å². The largest absolute Gasteiger partial charge is 0.383 e. The first-order valence-corrected chi connectivity index (χ1v) is 6.85. The van der Waals surface area contributed by atoms with Crippen LogP contribution >= 0.6 is 11.6 Å². The van der Waals surface area contributed by atoms with Gasteiger partial charge in [0, 0.05) is 24.7 Å². The molecule has 1 aromatic rings. The summed E-state index contributed by atoms with van der Waals surface area (Å²) in [6, 6.07) is 8.36. The summed E-state index contributed by atoms with van der Waals surface area (Å²) >= 11 is 6.31. The predicted molar refractivity (Wildman–Crippen MR) is 74.9 cm³/mol. The molecule has 0 radical (unpaired) electrons. The Hall–Kier alpha value is -0.610. The Morgan fingerprint density at radius 3 is 2.94 bits per heavy atom. The summed E-state index contributed by atoms with van der Waals surface area (Å²) in [7, 11) is 1.73. The van der Waals surface area contributed by atoms with E-state index in [2.05, 4.69) is 11.0 Å². The van der Waals surface area contributed by atoms with Crippen LogP contribution in [0.25, 0.3) is 0 Å². The highest BCUT2D eigenvalue weighted by Gasteiger charge is 2.31. The molecule has 3 nitrogen and oxygen atoms in total. The van der Waals surface area contributed by atoms with E-state index in [9.17, 15) is 0 Å². The molecular formula is C14H21ClN2O. The summed E-state index contributed by atoms with van der Waals surface area (Å²) in [5.41, 5.74) is 7.44. The zero-order valence-corrected chi connectivity index (χ0v) is 11.6. The average molecular weight is 269 g/mol. The van der Waals surface area contributed by atoms with Gasteiger partial charge in [-0.05, 0) is 31.0 Å². The molecule has 1 fully saturated rings. The molecule has 0 aromatic heterocycles. The zero-order valence-electron chi connectivity index (χ0n) is 10.8. The van der Waals surface area contributed by atoms with Crippen LogP contribution < -0.4 is 5.73 Å². The van der Waals surface area contributed by atoms with Crippen molar-refractivity contribution in [3.63, 3.8) is 0 Å². The molecule has 0 bridgehead atoms. The van der Waals surface area contributed by atoms with Gasteiger partial charge in [0.05, 0.1) is 12.6 Å². The lowest BCUT2D eigenvalue weighted by molar-refractivity contribution is 0.0848. The number of ether oxygens (including phenoxy) is 1. The molecule has 1 aliphatic heterocycles. The Morgan fingerprint density at radius 1 is 1.44 bits per heavy atom. The highest BCUT2D eigenvalue weighted by Crippen LogP contribution is 2.33. The van der Waals surface area contributed by atoms with E-state index in [1.54, 1.807) is 7.11 Å². The van der Waals surface area contributed by atoms with Gasteiger partial charge in [-0.25, -0.2) is 0 Å². The number of hydrogen-bond donors (Lipinski definition) is 1. The number of nitrogens with two attached hydrogens (primary N) is 1. The number of halogens is 1. The molecule has 1 saturated heterocycles. The van der Waals surface area contributed by atoms with E-state index in [-0.39, 0.29) is 12.1 Å². The van der Waals surface area contributed by atoms with E-state index >= 15 is 0 Å². The fourth-order valence-electron chi connectivity index (χ4n) is 2.70. The van der Waals surface area contributed by atoms with Crippen molar-refractivity contribution in [1.29, 1.82) is 0 Å². The lowest BCUT2D eigenvalue weighted by atomic mass is 9.91. The van der Waals surface area contributed by atoms with Crippen molar-refractivity contribution in [3.05, 3.63) is 34.9 Å². The minimum Gasteiger partial charge on any atom is -0.383 e. The van der Waals surface area contributed by atoms with Crippen molar-refractivity contribution < 1.29 is 4.74 Å². The van der Waals surface area contributed by atoms with E-state index < -0.39 is 0 Å². The van der Waals surface area contributed by atoms with Crippen molar-refractivity contribution in [1.82, 2.24) is 4.90 Å². The van der Waals surface area contributed by atoms with E-state index in [0.717, 1.165) is 43.1 Å². The van der Waals surface area contributed by atoms with Crippen LogP contribution in [0.3, 0.4) is 0 Å². The van der Waals surface area contributed by atoms with E-state index in [1.165, 1.54) is 0 Å². The van der Waals surface area contributed by atoms with E-state index in [1.807, 2.05) is 18.2 Å². The maximum Gasteiger partial charge on any atom is 0.0589 e. The molecule has 18 heavy (non-hydrogen) atoms. The Bertz CT molecular complexity index is 386. The number of rotatable bonds is 4. The normalized spacial score (nSPS) is 25.3. The van der Waals surface area contributed by atoms with Crippen LogP contribution in [0.1, 0.15) is 24.4 Å². The molecule has 0 spiro atoms. The summed E-state index contributed by atoms with van der Waals surface area (Å²) in [6.45, 7) is 2.70. The van der Waals surface area contributed by atoms with Gasteiger partial charge in [-0.15, -0.1) is 0 Å². The van der Waals surface area contributed by atoms with Crippen LogP contribution in [-0.4, -0.2) is 37.7 Å². The topological polar surface area (TPSA) is 38.5 Å². The molecule has 0 amide bonds. The summed E-state index contributed by atoms with van der Waals surface area (Å²) in [5, 5.41) is 0.808. The van der Waals surface area contributed by atoms with Crippen LogP contribution in [0.15, 0.2) is 24.3 Å². The molecular weight excluding hydrogens is 248 g/mol. The smallest absolute Gasteiger partial charge is 0.0589 e. The third kappa shape index (κ3) is 3.04. The predicted octanol–water partition coefficient (Wildman–Crippen LogP) is 2.45. The average Bonchev–Trinajstić information content (AvgIpc) is 2.38. The molecule has 0 saturated carbocycles. The van der Waals surface area contributed by atoms with E-state index in [4.69, 9.17) is 22.1 Å². The third-order valence-corrected chi connectivity index (χ3v) is 3.93. The standard InChI is InChI=1S/C14H21ClN2O/c1-18-10-9-17-8-4-7-13(16)14(17)11-5-2-3-6-12(11)15/h2-3,5-6,13-14H,4,7-10,16H2,1H3. The first-order chi connectivity index (χ1) is 8.74. The molecule has 2 N–H and O–H groups in total. The quantitative estimate of drug-likeness (QED) is 0.912. The Morgan fingerprint density at radius 2 is 2.22 bits per heavy atom. The Balaban J connectivity index is 2.21. The summed E-state index contributed by atoms with van der Waals surface area (Å²) in [5.74, 6) is 0. The van der Waals surface area contributed by atoms with Gasteiger partial charge >= 0.3 is 0 Å². The van der Waals surface area contributed by atoms with Gasteiger partial charge in [0.15, 0.2) is 0 Å². The van der Waals surface area contributed by atoms with Crippen LogP contribution in [0.2, 0.25) is 5.02 Å². The lowest BCUT2D eigenvalue weighted by Crippen LogP contribution is -2.47. The number of methoxy groups -OCH3 is 1. The minimum absolute atomic E-state index is 0.149. The number of nitrogens with zero attached hydrogens (tertiary/aromatic N) is 1. The highest BCUT2D eigenvalue weighted by molar-refractivity contribution is 6.31. The number of piperidine rings is 1. The molecule has 0 aliphatic carbocycles. The van der Waals surface area contributed by atoms with Crippen LogP contribution in [0.4, 0.5) is 0 Å². The van der Waals surface area contributed by atoms with Gasteiger partial charge in [0.2, 0.25) is 0 Å². The van der Waals surface area contributed by atoms with Gasteiger partial charge in [-0.2, -0.15) is 0 Å². The van der Waals surface area contributed by atoms with Gasteiger partial charge < -0.3 is 10.5 Å². The first-order valence-electron chi connectivity index (χ1n) is 6.47. The van der Waals surface area contributed by atoms with Gasteiger partial charge in [0.1, 0.15) is 0 Å². The van der Waals surface area contributed by atoms with Crippen molar-refractivity contribution >= 4 is 11.6 Å². The molecule has 1 heterocycles. The van der Waals surface area contributed by atoms with Gasteiger partial charge in [0.25, 0.3) is 0 Å². The van der Waals surface area contributed by atoms with Crippen LogP contribution in [0.5, 0.6) is 0 Å². The molecule has 2 unspecified atom stereocenters. The highest BCUT2D eigenvalue weighted by atomic mass is 35.5. The van der Waals surface area contributed by atoms with Crippen LogP contribution in [-0.2, 0) is 4.74 Å².